The number of benzene rings is 2. The van der Waals surface area contributed by atoms with Crippen LogP contribution in [0.3, 0.4) is 0 Å². The van der Waals surface area contributed by atoms with Gasteiger partial charge in [0.05, 0.1) is 12.2 Å². The normalized spacial score (nSPS) is 10.9. The molecule has 0 unspecified atom stereocenters. The van der Waals surface area contributed by atoms with E-state index in [4.69, 9.17) is 16.3 Å². The summed E-state index contributed by atoms with van der Waals surface area (Å²) in [5.41, 5.74) is 2.66. The van der Waals surface area contributed by atoms with E-state index in [-0.39, 0.29) is 5.91 Å². The summed E-state index contributed by atoms with van der Waals surface area (Å²) in [5.74, 6) is 1.14. The van der Waals surface area contributed by atoms with Crippen LogP contribution in [0.1, 0.15) is 40.5 Å². The van der Waals surface area contributed by atoms with E-state index in [1.165, 1.54) is 5.56 Å². The molecule has 0 bridgehead atoms. The number of hydrogen-bond donors (Lipinski definition) is 0. The average Bonchev–Trinajstić information content (AvgIpc) is 3.13. The van der Waals surface area contributed by atoms with Crippen molar-refractivity contribution in [3.63, 3.8) is 0 Å². The zero-order valence-electron chi connectivity index (χ0n) is 16.9. The Labute approximate surface area is 181 Å². The van der Waals surface area contributed by atoms with E-state index in [1.54, 1.807) is 35.6 Å². The zero-order chi connectivity index (χ0) is 20.8. The second-order valence-electron chi connectivity index (χ2n) is 7.42. The maximum absolute atomic E-state index is 13.0. The largest absolute Gasteiger partial charge is 0.486 e. The van der Waals surface area contributed by atoms with Crippen LogP contribution in [0.5, 0.6) is 5.75 Å². The molecule has 0 saturated carbocycles. The van der Waals surface area contributed by atoms with Crippen molar-refractivity contribution in [2.45, 2.75) is 33.9 Å². The van der Waals surface area contributed by atoms with Gasteiger partial charge in [0.2, 0.25) is 0 Å². The average molecular weight is 429 g/mol. The lowest BCUT2D eigenvalue weighted by atomic mass is 10.1. The molecule has 0 aliphatic rings. The number of hydrogen-bond acceptors (Lipinski definition) is 4. The maximum Gasteiger partial charge on any atom is 0.254 e. The SMILES string of the molecule is Cc1ccc(OCc2nc(CN(CC(C)C)C(=O)c3cccc(Cl)c3)cs2)cc1. The Hall–Kier alpha value is -2.37. The molecule has 0 radical (unpaired) electrons. The van der Waals surface area contributed by atoms with Gasteiger partial charge >= 0.3 is 0 Å². The molecule has 2 aromatic carbocycles. The van der Waals surface area contributed by atoms with Crippen LogP contribution in [0.2, 0.25) is 5.02 Å². The molecule has 29 heavy (non-hydrogen) atoms. The molecular formula is C23H25ClN2O2S. The van der Waals surface area contributed by atoms with Gasteiger partial charge in [-0.1, -0.05) is 49.2 Å². The molecule has 152 valence electrons. The van der Waals surface area contributed by atoms with Crippen LogP contribution in [0, 0.1) is 12.8 Å². The van der Waals surface area contributed by atoms with Gasteiger partial charge < -0.3 is 9.64 Å². The fourth-order valence-corrected chi connectivity index (χ4v) is 3.81. The highest BCUT2D eigenvalue weighted by Gasteiger charge is 2.19. The molecule has 1 aromatic heterocycles. The topological polar surface area (TPSA) is 42.4 Å². The highest BCUT2D eigenvalue weighted by atomic mass is 35.5. The van der Waals surface area contributed by atoms with Crippen molar-refractivity contribution < 1.29 is 9.53 Å². The summed E-state index contributed by atoms with van der Waals surface area (Å²) in [4.78, 5) is 19.5. The third-order valence-electron chi connectivity index (χ3n) is 4.28. The van der Waals surface area contributed by atoms with Gasteiger partial charge in [-0.15, -0.1) is 11.3 Å². The monoisotopic (exact) mass is 428 g/mol. The van der Waals surface area contributed by atoms with Crippen molar-refractivity contribution in [2.75, 3.05) is 6.54 Å². The van der Waals surface area contributed by atoms with Crippen molar-refractivity contribution >= 4 is 28.8 Å². The summed E-state index contributed by atoms with van der Waals surface area (Å²) in [6.45, 7) is 7.77. The molecule has 3 rings (SSSR count). The van der Waals surface area contributed by atoms with E-state index < -0.39 is 0 Å². The van der Waals surface area contributed by atoms with Gasteiger partial charge in [-0.2, -0.15) is 0 Å². The second-order valence-corrected chi connectivity index (χ2v) is 8.80. The smallest absolute Gasteiger partial charge is 0.254 e. The molecule has 0 fully saturated rings. The molecular weight excluding hydrogens is 404 g/mol. The first kappa shape index (κ1) is 21.3. The van der Waals surface area contributed by atoms with Crippen LogP contribution in [0.25, 0.3) is 0 Å². The quantitative estimate of drug-likeness (QED) is 0.443. The van der Waals surface area contributed by atoms with Crippen LogP contribution in [0.4, 0.5) is 0 Å². The molecule has 0 saturated heterocycles. The van der Waals surface area contributed by atoms with Gasteiger partial charge in [-0.3, -0.25) is 4.79 Å². The van der Waals surface area contributed by atoms with Crippen molar-refractivity contribution in [3.05, 3.63) is 80.8 Å². The summed E-state index contributed by atoms with van der Waals surface area (Å²) in [5, 5.41) is 3.44. The molecule has 0 N–H and O–H groups in total. The lowest BCUT2D eigenvalue weighted by Gasteiger charge is -2.24. The third kappa shape index (κ3) is 6.31. The standard InChI is InChI=1S/C23H25ClN2O2S/c1-16(2)12-26(23(27)18-5-4-6-19(24)11-18)13-20-15-29-22(25-20)14-28-21-9-7-17(3)8-10-21/h4-11,15-16H,12-14H2,1-3H3. The predicted octanol–water partition coefficient (Wildman–Crippen LogP) is 5.98. The minimum Gasteiger partial charge on any atom is -0.486 e. The van der Waals surface area contributed by atoms with Gasteiger partial charge in [0.15, 0.2) is 0 Å². The lowest BCUT2D eigenvalue weighted by molar-refractivity contribution is 0.0720. The molecule has 1 amide bonds. The molecule has 0 spiro atoms. The third-order valence-corrected chi connectivity index (χ3v) is 5.39. The highest BCUT2D eigenvalue weighted by Crippen LogP contribution is 2.19. The van der Waals surface area contributed by atoms with E-state index in [0.717, 1.165) is 16.5 Å². The minimum absolute atomic E-state index is 0.0355. The summed E-state index contributed by atoms with van der Waals surface area (Å²) in [6, 6.07) is 15.0. The van der Waals surface area contributed by atoms with E-state index in [2.05, 4.69) is 18.8 Å². The van der Waals surface area contributed by atoms with Gasteiger partial charge in [0.25, 0.3) is 5.91 Å². The zero-order valence-corrected chi connectivity index (χ0v) is 18.5. The second kappa shape index (κ2) is 9.90. The Bertz CT molecular complexity index is 954. The number of thiazole rings is 1. The number of aromatic nitrogens is 1. The summed E-state index contributed by atoms with van der Waals surface area (Å²) in [7, 11) is 0. The van der Waals surface area contributed by atoms with Crippen LogP contribution >= 0.6 is 22.9 Å². The number of rotatable bonds is 8. The minimum atomic E-state index is -0.0355. The molecule has 3 aromatic rings. The first-order chi connectivity index (χ1) is 13.9. The molecule has 0 atom stereocenters. The Morgan fingerprint density at radius 3 is 2.66 bits per heavy atom. The van der Waals surface area contributed by atoms with Gasteiger partial charge in [0, 0.05) is 22.5 Å². The number of nitrogens with zero attached hydrogens (tertiary/aromatic N) is 2. The van der Waals surface area contributed by atoms with E-state index in [0.29, 0.717) is 36.2 Å². The summed E-state index contributed by atoms with van der Waals surface area (Å²) < 4.78 is 5.81. The Morgan fingerprint density at radius 2 is 1.97 bits per heavy atom. The van der Waals surface area contributed by atoms with E-state index in [9.17, 15) is 4.79 Å². The molecule has 6 heteroatoms. The van der Waals surface area contributed by atoms with E-state index in [1.807, 2.05) is 41.5 Å². The number of carbonyl (C=O) groups excluding carboxylic acids is 1. The highest BCUT2D eigenvalue weighted by molar-refractivity contribution is 7.09. The molecule has 4 nitrogen and oxygen atoms in total. The first-order valence-electron chi connectivity index (χ1n) is 9.58. The van der Waals surface area contributed by atoms with Crippen molar-refractivity contribution in [1.29, 1.82) is 0 Å². The van der Waals surface area contributed by atoms with Crippen LogP contribution in [0.15, 0.2) is 53.9 Å². The van der Waals surface area contributed by atoms with Crippen molar-refractivity contribution in [2.24, 2.45) is 5.92 Å². The summed E-state index contributed by atoms with van der Waals surface area (Å²) >= 11 is 7.61. The molecule has 0 aliphatic heterocycles. The van der Waals surface area contributed by atoms with Crippen LogP contribution < -0.4 is 4.74 Å². The van der Waals surface area contributed by atoms with Crippen molar-refractivity contribution in [1.82, 2.24) is 9.88 Å². The van der Waals surface area contributed by atoms with Gasteiger partial charge in [0.1, 0.15) is 17.4 Å². The molecule has 0 aliphatic carbocycles. The Balaban J connectivity index is 1.66. The number of ether oxygens (including phenoxy) is 1. The van der Waals surface area contributed by atoms with Gasteiger partial charge in [-0.25, -0.2) is 4.98 Å². The van der Waals surface area contributed by atoms with Crippen molar-refractivity contribution in [3.8, 4) is 5.75 Å². The summed E-state index contributed by atoms with van der Waals surface area (Å²) in [6.07, 6.45) is 0. The number of aryl methyl sites for hydroxylation is 1. The maximum atomic E-state index is 13.0. The Morgan fingerprint density at radius 1 is 1.21 bits per heavy atom. The Kier molecular flexibility index (Phi) is 7.29. The number of halogens is 1. The van der Waals surface area contributed by atoms with E-state index >= 15 is 0 Å². The first-order valence-corrected chi connectivity index (χ1v) is 10.8. The van der Waals surface area contributed by atoms with Crippen LogP contribution in [-0.4, -0.2) is 22.3 Å². The number of carbonyl (C=O) groups is 1. The fraction of sp³-hybridized carbons (Fsp3) is 0.304. The lowest BCUT2D eigenvalue weighted by Crippen LogP contribution is -2.33. The van der Waals surface area contributed by atoms with Crippen LogP contribution in [-0.2, 0) is 13.2 Å². The fourth-order valence-electron chi connectivity index (χ4n) is 2.93. The number of amides is 1. The van der Waals surface area contributed by atoms with Gasteiger partial charge in [-0.05, 0) is 43.2 Å². The molecule has 1 heterocycles. The predicted molar refractivity (Wildman–Crippen MR) is 119 cm³/mol.